The molecular weight excluding hydrogens is 330 g/mol. The Labute approximate surface area is 152 Å². The van der Waals surface area contributed by atoms with Crippen LogP contribution in [-0.2, 0) is 4.74 Å². The number of aromatic nitrogens is 2. The van der Waals surface area contributed by atoms with Crippen LogP contribution in [0.15, 0.2) is 29.1 Å². The molecule has 0 amide bonds. The van der Waals surface area contributed by atoms with E-state index in [0.29, 0.717) is 17.6 Å². The Morgan fingerprint density at radius 1 is 1.19 bits per heavy atom. The highest BCUT2D eigenvalue weighted by atomic mass is 16.5. The van der Waals surface area contributed by atoms with Crippen molar-refractivity contribution in [3.8, 4) is 0 Å². The first kappa shape index (κ1) is 17.2. The molecule has 2 saturated heterocycles. The summed E-state index contributed by atoms with van der Waals surface area (Å²) >= 11 is 0. The van der Waals surface area contributed by atoms with Gasteiger partial charge in [0.25, 0.3) is 5.56 Å². The van der Waals surface area contributed by atoms with Gasteiger partial charge in [-0.05, 0) is 51.8 Å². The third-order valence-electron chi connectivity index (χ3n) is 5.94. The van der Waals surface area contributed by atoms with Crippen molar-refractivity contribution in [2.24, 2.45) is 0 Å². The Kier molecular flexibility index (Phi) is 4.53. The van der Waals surface area contributed by atoms with Gasteiger partial charge in [0.2, 0.25) is 5.69 Å². The lowest BCUT2D eigenvalue weighted by Gasteiger charge is -2.47. The van der Waals surface area contributed by atoms with E-state index in [-0.39, 0.29) is 23.9 Å². The number of benzene rings is 1. The number of para-hydroxylation sites is 2. The Morgan fingerprint density at radius 2 is 1.88 bits per heavy atom. The number of fused-ring (bicyclic) bond motifs is 3. The molecule has 3 atom stereocenters. The lowest BCUT2D eigenvalue weighted by Crippen LogP contribution is -2.51. The maximum absolute atomic E-state index is 13.2. The van der Waals surface area contributed by atoms with Gasteiger partial charge in [0.1, 0.15) is 0 Å². The summed E-state index contributed by atoms with van der Waals surface area (Å²) in [5.74, 6) is -0.634. The summed E-state index contributed by atoms with van der Waals surface area (Å²) in [4.78, 5) is 32.3. The largest absolute Gasteiger partial charge is 0.461 e. The van der Waals surface area contributed by atoms with Crippen LogP contribution in [0.5, 0.6) is 0 Å². The molecule has 4 rings (SSSR count). The van der Waals surface area contributed by atoms with Gasteiger partial charge in [-0.2, -0.15) is 0 Å². The van der Waals surface area contributed by atoms with E-state index in [9.17, 15) is 9.59 Å². The molecule has 2 aliphatic rings. The van der Waals surface area contributed by atoms with Crippen LogP contribution in [0.1, 0.15) is 55.6 Å². The molecule has 1 unspecified atom stereocenters. The van der Waals surface area contributed by atoms with Crippen LogP contribution in [0.3, 0.4) is 0 Å². The normalized spacial score (nSPS) is 26.0. The Balaban J connectivity index is 1.84. The monoisotopic (exact) mass is 355 g/mol. The number of piperidine rings is 2. The lowest BCUT2D eigenvalue weighted by molar-refractivity contribution is 0.0397. The molecule has 0 radical (unpaired) electrons. The van der Waals surface area contributed by atoms with Crippen molar-refractivity contribution < 1.29 is 9.53 Å². The van der Waals surface area contributed by atoms with E-state index in [0.717, 1.165) is 18.4 Å². The molecule has 1 aromatic carbocycles. The van der Waals surface area contributed by atoms with Gasteiger partial charge in [0.05, 0.1) is 17.6 Å². The van der Waals surface area contributed by atoms with E-state index in [2.05, 4.69) is 16.9 Å². The second-order valence-corrected chi connectivity index (χ2v) is 7.37. The number of carbonyl (C=O) groups is 1. The highest BCUT2D eigenvalue weighted by Crippen LogP contribution is 2.38. The molecule has 26 heavy (non-hydrogen) atoms. The van der Waals surface area contributed by atoms with Crippen molar-refractivity contribution in [3.63, 3.8) is 0 Å². The molecule has 0 spiro atoms. The third-order valence-corrected chi connectivity index (χ3v) is 5.94. The minimum Gasteiger partial charge on any atom is -0.461 e. The fourth-order valence-electron chi connectivity index (χ4n) is 4.65. The van der Waals surface area contributed by atoms with Crippen molar-refractivity contribution in [2.45, 2.75) is 57.2 Å². The number of carbonyl (C=O) groups excluding carboxylic acids is 1. The number of ether oxygens (including phenoxy) is 1. The van der Waals surface area contributed by atoms with Crippen LogP contribution >= 0.6 is 0 Å². The standard InChI is InChI=1S/C20H25N3O3/c1-3-26-20(25)18-19(24)23(17-10-5-4-9-16(17)21-18)15-11-13-7-6-8-14(12-15)22(13)2/h4-5,9-10,13-15H,3,6-8,11-12H2,1-2H3/t13-,14+,15?. The van der Waals surface area contributed by atoms with Crippen LogP contribution in [0, 0.1) is 0 Å². The Hall–Kier alpha value is -2.21. The maximum atomic E-state index is 13.2. The van der Waals surface area contributed by atoms with Gasteiger partial charge in [-0.15, -0.1) is 0 Å². The number of esters is 1. The topological polar surface area (TPSA) is 64.4 Å². The molecule has 2 fully saturated rings. The van der Waals surface area contributed by atoms with E-state index in [1.165, 1.54) is 19.3 Å². The maximum Gasteiger partial charge on any atom is 0.362 e. The fraction of sp³-hybridized carbons (Fsp3) is 0.550. The summed E-state index contributed by atoms with van der Waals surface area (Å²) in [6, 6.07) is 8.66. The van der Waals surface area contributed by atoms with Crippen LogP contribution in [0.4, 0.5) is 0 Å². The lowest BCUT2D eigenvalue weighted by atomic mass is 9.82. The van der Waals surface area contributed by atoms with Crippen molar-refractivity contribution in [2.75, 3.05) is 13.7 Å². The smallest absolute Gasteiger partial charge is 0.362 e. The molecule has 3 heterocycles. The van der Waals surface area contributed by atoms with Crippen LogP contribution < -0.4 is 5.56 Å². The van der Waals surface area contributed by atoms with Crippen molar-refractivity contribution in [3.05, 3.63) is 40.3 Å². The second kappa shape index (κ2) is 6.83. The highest BCUT2D eigenvalue weighted by Gasteiger charge is 2.38. The molecule has 0 N–H and O–H groups in total. The molecule has 1 aromatic heterocycles. The van der Waals surface area contributed by atoms with Crippen LogP contribution in [-0.4, -0.2) is 46.2 Å². The molecule has 6 heteroatoms. The van der Waals surface area contributed by atoms with E-state index in [4.69, 9.17) is 4.74 Å². The van der Waals surface area contributed by atoms with Gasteiger partial charge in [0, 0.05) is 18.1 Å². The molecule has 2 aliphatic heterocycles. The first-order valence-electron chi connectivity index (χ1n) is 9.50. The fourth-order valence-corrected chi connectivity index (χ4v) is 4.65. The van der Waals surface area contributed by atoms with Crippen molar-refractivity contribution in [1.29, 1.82) is 0 Å². The Morgan fingerprint density at radius 3 is 2.58 bits per heavy atom. The minimum absolute atomic E-state index is 0.0927. The second-order valence-electron chi connectivity index (χ2n) is 7.37. The predicted molar refractivity (Wildman–Crippen MR) is 99.4 cm³/mol. The minimum atomic E-state index is -0.634. The summed E-state index contributed by atoms with van der Waals surface area (Å²) < 4.78 is 6.88. The van der Waals surface area contributed by atoms with E-state index >= 15 is 0 Å². The SMILES string of the molecule is CCOC(=O)c1nc2ccccc2n(C2C[C@H]3CCC[C@@H](C2)N3C)c1=O. The van der Waals surface area contributed by atoms with Gasteiger partial charge < -0.3 is 14.2 Å². The molecule has 2 bridgehead atoms. The van der Waals surface area contributed by atoms with Gasteiger partial charge >= 0.3 is 5.97 Å². The van der Waals surface area contributed by atoms with Gasteiger partial charge in [-0.1, -0.05) is 18.6 Å². The Bertz CT molecular complexity index is 877. The first-order valence-corrected chi connectivity index (χ1v) is 9.50. The average molecular weight is 355 g/mol. The van der Waals surface area contributed by atoms with Crippen molar-refractivity contribution in [1.82, 2.24) is 14.5 Å². The summed E-state index contributed by atoms with van der Waals surface area (Å²) in [6.07, 6.45) is 5.47. The molecular formula is C20H25N3O3. The van der Waals surface area contributed by atoms with E-state index < -0.39 is 5.97 Å². The predicted octanol–water partition coefficient (Wildman–Crippen LogP) is 2.76. The van der Waals surface area contributed by atoms with Crippen LogP contribution in [0.25, 0.3) is 11.0 Å². The zero-order valence-electron chi connectivity index (χ0n) is 15.4. The number of nitrogens with zero attached hydrogens (tertiary/aromatic N) is 3. The highest BCUT2D eigenvalue weighted by molar-refractivity contribution is 5.89. The molecule has 0 aliphatic carbocycles. The molecule has 138 valence electrons. The number of hydrogen-bond acceptors (Lipinski definition) is 5. The quantitative estimate of drug-likeness (QED) is 0.792. The number of rotatable bonds is 3. The number of hydrogen-bond donors (Lipinski definition) is 0. The first-order chi connectivity index (χ1) is 12.6. The van der Waals surface area contributed by atoms with E-state index in [1.807, 2.05) is 28.8 Å². The van der Waals surface area contributed by atoms with E-state index in [1.54, 1.807) is 6.92 Å². The third kappa shape index (κ3) is 2.82. The average Bonchev–Trinajstić information content (AvgIpc) is 2.61. The summed E-state index contributed by atoms with van der Waals surface area (Å²) in [5.41, 5.74) is 1.04. The van der Waals surface area contributed by atoms with Gasteiger partial charge in [-0.25, -0.2) is 9.78 Å². The zero-order chi connectivity index (χ0) is 18.3. The molecule has 2 aromatic rings. The summed E-state index contributed by atoms with van der Waals surface area (Å²) in [5, 5.41) is 0. The van der Waals surface area contributed by atoms with Gasteiger partial charge in [-0.3, -0.25) is 4.79 Å². The summed E-state index contributed by atoms with van der Waals surface area (Å²) in [6.45, 7) is 1.96. The zero-order valence-corrected chi connectivity index (χ0v) is 15.4. The summed E-state index contributed by atoms with van der Waals surface area (Å²) in [7, 11) is 2.20. The van der Waals surface area contributed by atoms with Gasteiger partial charge in [0.15, 0.2) is 0 Å². The molecule has 0 saturated carbocycles. The van der Waals surface area contributed by atoms with Crippen molar-refractivity contribution >= 4 is 17.0 Å². The van der Waals surface area contributed by atoms with Crippen LogP contribution in [0.2, 0.25) is 0 Å². The molecule has 6 nitrogen and oxygen atoms in total.